The van der Waals surface area contributed by atoms with Crippen LogP contribution in [0.3, 0.4) is 0 Å². The van der Waals surface area contributed by atoms with Crippen LogP contribution in [0.1, 0.15) is 37.3 Å². The number of nitrogens with zero attached hydrogens (tertiary/aromatic N) is 1. The van der Waals surface area contributed by atoms with Crippen molar-refractivity contribution in [1.29, 1.82) is 0 Å². The minimum Gasteiger partial charge on any atom is -0.496 e. The molecule has 0 N–H and O–H groups in total. The smallest absolute Gasteiger partial charge is 0.358 e. The van der Waals surface area contributed by atoms with Gasteiger partial charge in [-0.15, -0.1) is 0 Å². The zero-order valence-electron chi connectivity index (χ0n) is 14.0. The lowest BCUT2D eigenvalue weighted by atomic mass is 9.99. The number of oxime groups is 1. The normalized spacial score (nSPS) is 13.0. The molecule has 0 spiro atoms. The van der Waals surface area contributed by atoms with E-state index in [9.17, 15) is 8.42 Å². The van der Waals surface area contributed by atoms with Crippen LogP contribution in [0.25, 0.3) is 0 Å². The SMILES string of the molecule is CCC(C)c1ccc(S(=O)(=O)O/N=C/c2ccccc2OC)cc1. The van der Waals surface area contributed by atoms with E-state index >= 15 is 0 Å². The molecule has 0 amide bonds. The Morgan fingerprint density at radius 3 is 2.42 bits per heavy atom. The fourth-order valence-electron chi connectivity index (χ4n) is 2.15. The maximum Gasteiger partial charge on any atom is 0.358 e. The topological polar surface area (TPSA) is 65.0 Å². The Morgan fingerprint density at radius 1 is 1.12 bits per heavy atom. The summed E-state index contributed by atoms with van der Waals surface area (Å²) in [6.45, 7) is 4.18. The molecule has 5 nitrogen and oxygen atoms in total. The molecule has 2 aromatic carbocycles. The van der Waals surface area contributed by atoms with Crippen LogP contribution in [0.2, 0.25) is 0 Å². The molecule has 2 aromatic rings. The van der Waals surface area contributed by atoms with E-state index in [1.807, 2.05) is 6.07 Å². The highest BCUT2D eigenvalue weighted by Crippen LogP contribution is 2.21. The van der Waals surface area contributed by atoms with Gasteiger partial charge in [-0.3, -0.25) is 4.28 Å². The fraction of sp³-hybridized carbons (Fsp3) is 0.278. The fourth-order valence-corrected chi connectivity index (χ4v) is 2.86. The summed E-state index contributed by atoms with van der Waals surface area (Å²) in [6.07, 6.45) is 2.30. The van der Waals surface area contributed by atoms with Crippen molar-refractivity contribution in [3.8, 4) is 5.75 Å². The van der Waals surface area contributed by atoms with E-state index in [2.05, 4.69) is 19.0 Å². The molecule has 1 unspecified atom stereocenters. The Kier molecular flexibility index (Phi) is 5.98. The molecule has 0 fully saturated rings. The van der Waals surface area contributed by atoms with Gasteiger partial charge in [-0.25, -0.2) is 0 Å². The number of ether oxygens (including phenoxy) is 1. The molecule has 0 saturated carbocycles. The van der Waals surface area contributed by atoms with E-state index in [0.717, 1.165) is 12.0 Å². The summed E-state index contributed by atoms with van der Waals surface area (Å²) in [6, 6.07) is 13.8. The molecule has 24 heavy (non-hydrogen) atoms. The molecule has 0 bridgehead atoms. The molecular weight excluding hydrogens is 326 g/mol. The average Bonchev–Trinajstić information content (AvgIpc) is 2.61. The molecule has 0 radical (unpaired) electrons. The van der Waals surface area contributed by atoms with Crippen LogP contribution < -0.4 is 4.74 Å². The minimum absolute atomic E-state index is 0.0757. The number of benzene rings is 2. The van der Waals surface area contributed by atoms with Crippen molar-refractivity contribution in [3.63, 3.8) is 0 Å². The van der Waals surface area contributed by atoms with Crippen LogP contribution in [-0.2, 0) is 14.4 Å². The van der Waals surface area contributed by atoms with Crippen LogP contribution in [0.5, 0.6) is 5.75 Å². The highest BCUT2D eigenvalue weighted by molar-refractivity contribution is 7.86. The summed E-state index contributed by atoms with van der Waals surface area (Å²) in [5.41, 5.74) is 1.72. The largest absolute Gasteiger partial charge is 0.496 e. The third-order valence-corrected chi connectivity index (χ3v) is 4.95. The van der Waals surface area contributed by atoms with Crippen LogP contribution in [0.4, 0.5) is 0 Å². The van der Waals surface area contributed by atoms with Gasteiger partial charge in [0.15, 0.2) is 0 Å². The predicted molar refractivity (Wildman–Crippen MR) is 94.0 cm³/mol. The van der Waals surface area contributed by atoms with Crippen molar-refractivity contribution in [2.45, 2.75) is 31.1 Å². The molecule has 2 rings (SSSR count). The maximum absolute atomic E-state index is 12.2. The predicted octanol–water partition coefficient (Wildman–Crippen LogP) is 3.95. The lowest BCUT2D eigenvalue weighted by Gasteiger charge is -2.09. The highest BCUT2D eigenvalue weighted by atomic mass is 32.2. The third kappa shape index (κ3) is 4.35. The van der Waals surface area contributed by atoms with Gasteiger partial charge in [-0.2, -0.15) is 8.42 Å². The summed E-state index contributed by atoms with van der Waals surface area (Å²) >= 11 is 0. The summed E-state index contributed by atoms with van der Waals surface area (Å²) < 4.78 is 34.2. The number of para-hydroxylation sites is 1. The van der Waals surface area contributed by atoms with Gasteiger partial charge in [0.1, 0.15) is 10.6 Å². The first-order chi connectivity index (χ1) is 11.5. The van der Waals surface area contributed by atoms with Crippen molar-refractivity contribution in [3.05, 3.63) is 59.7 Å². The molecular formula is C18H21NO4S. The van der Waals surface area contributed by atoms with Gasteiger partial charge in [0.25, 0.3) is 0 Å². The molecule has 0 heterocycles. The molecule has 0 aliphatic heterocycles. The molecule has 0 saturated heterocycles. The molecule has 0 aliphatic rings. The second kappa shape index (κ2) is 7.97. The number of hydrogen-bond acceptors (Lipinski definition) is 5. The van der Waals surface area contributed by atoms with Crippen LogP contribution in [0.15, 0.2) is 58.6 Å². The molecule has 6 heteroatoms. The van der Waals surface area contributed by atoms with Crippen molar-refractivity contribution < 1.29 is 17.4 Å². The lowest BCUT2D eigenvalue weighted by Crippen LogP contribution is -2.03. The Balaban J connectivity index is 2.12. The van der Waals surface area contributed by atoms with Gasteiger partial charge in [0.2, 0.25) is 0 Å². The van der Waals surface area contributed by atoms with Gasteiger partial charge in [0, 0.05) is 5.56 Å². The number of rotatable bonds is 7. The van der Waals surface area contributed by atoms with E-state index in [4.69, 9.17) is 9.02 Å². The standard InChI is InChI=1S/C18H21NO4S/c1-4-14(2)15-9-11-17(12-10-15)24(20,21)23-19-13-16-7-5-6-8-18(16)22-3/h5-14H,4H2,1-3H3/b19-13+. The molecule has 0 aromatic heterocycles. The van der Waals surface area contributed by atoms with E-state index in [1.165, 1.54) is 25.5 Å². The summed E-state index contributed by atoms with van der Waals surface area (Å²) in [4.78, 5) is 0.0757. The van der Waals surface area contributed by atoms with Gasteiger partial charge in [-0.1, -0.05) is 43.3 Å². The Hall–Kier alpha value is -2.34. The van der Waals surface area contributed by atoms with Gasteiger partial charge < -0.3 is 4.74 Å². The van der Waals surface area contributed by atoms with Crippen molar-refractivity contribution in [1.82, 2.24) is 0 Å². The quantitative estimate of drug-likeness (QED) is 0.562. The van der Waals surface area contributed by atoms with Crippen molar-refractivity contribution in [2.24, 2.45) is 5.16 Å². The van der Waals surface area contributed by atoms with E-state index in [-0.39, 0.29) is 4.90 Å². The molecule has 1 atom stereocenters. The lowest BCUT2D eigenvalue weighted by molar-refractivity contribution is 0.340. The highest BCUT2D eigenvalue weighted by Gasteiger charge is 2.16. The molecule has 0 aliphatic carbocycles. The van der Waals surface area contributed by atoms with Crippen LogP contribution in [-0.4, -0.2) is 21.7 Å². The number of hydrogen-bond donors (Lipinski definition) is 0. The van der Waals surface area contributed by atoms with Gasteiger partial charge in [0.05, 0.1) is 13.3 Å². The van der Waals surface area contributed by atoms with Crippen LogP contribution in [0, 0.1) is 0 Å². The maximum atomic E-state index is 12.2. The van der Waals surface area contributed by atoms with Crippen molar-refractivity contribution >= 4 is 16.3 Å². The van der Waals surface area contributed by atoms with Crippen LogP contribution >= 0.6 is 0 Å². The zero-order chi connectivity index (χ0) is 17.6. The van der Waals surface area contributed by atoms with E-state index in [1.54, 1.807) is 30.3 Å². The second-order valence-corrected chi connectivity index (χ2v) is 6.91. The second-order valence-electron chi connectivity index (χ2n) is 5.38. The minimum atomic E-state index is -3.94. The Labute approximate surface area is 143 Å². The summed E-state index contributed by atoms with van der Waals surface area (Å²) in [5, 5.41) is 3.58. The van der Waals surface area contributed by atoms with E-state index < -0.39 is 10.1 Å². The van der Waals surface area contributed by atoms with E-state index in [0.29, 0.717) is 17.2 Å². The first kappa shape index (κ1) is 18.0. The van der Waals surface area contributed by atoms with Crippen molar-refractivity contribution in [2.75, 3.05) is 7.11 Å². The average molecular weight is 347 g/mol. The first-order valence-electron chi connectivity index (χ1n) is 7.68. The van der Waals surface area contributed by atoms with Gasteiger partial charge >= 0.3 is 10.1 Å². The summed E-state index contributed by atoms with van der Waals surface area (Å²) in [7, 11) is -2.41. The zero-order valence-corrected chi connectivity index (χ0v) is 14.8. The summed E-state index contributed by atoms with van der Waals surface area (Å²) in [5.74, 6) is 0.964. The first-order valence-corrected chi connectivity index (χ1v) is 9.08. The Morgan fingerprint density at radius 2 is 1.79 bits per heavy atom. The third-order valence-electron chi connectivity index (χ3n) is 3.82. The van der Waals surface area contributed by atoms with Gasteiger partial charge in [-0.05, 0) is 42.2 Å². The molecule has 128 valence electrons. The Bertz CT molecular complexity index is 798. The monoisotopic (exact) mass is 347 g/mol. The number of methoxy groups -OCH3 is 1.